The molecule has 0 aliphatic rings. The molecular weight excluding hydrogens is 280 g/mol. The SMILES string of the molecule is COCCCNC(=O)Cn1nnc(C(=O)O)c1CCOC. The third-order valence-electron chi connectivity index (χ3n) is 2.72. The van der Waals surface area contributed by atoms with Crippen LogP contribution >= 0.6 is 0 Å². The number of carbonyl (C=O) groups is 2. The van der Waals surface area contributed by atoms with Gasteiger partial charge in [0.2, 0.25) is 5.91 Å². The van der Waals surface area contributed by atoms with Crippen molar-refractivity contribution < 1.29 is 24.2 Å². The van der Waals surface area contributed by atoms with E-state index in [1.165, 1.54) is 11.8 Å². The summed E-state index contributed by atoms with van der Waals surface area (Å²) in [6.07, 6.45) is 1.03. The molecule has 9 heteroatoms. The Balaban J connectivity index is 2.64. The minimum absolute atomic E-state index is 0.0771. The van der Waals surface area contributed by atoms with E-state index < -0.39 is 5.97 Å². The fraction of sp³-hybridized carbons (Fsp3) is 0.667. The Morgan fingerprint density at radius 2 is 2.00 bits per heavy atom. The van der Waals surface area contributed by atoms with Crippen LogP contribution in [0.5, 0.6) is 0 Å². The molecule has 0 saturated heterocycles. The highest BCUT2D eigenvalue weighted by molar-refractivity contribution is 5.86. The van der Waals surface area contributed by atoms with Crippen molar-refractivity contribution in [2.45, 2.75) is 19.4 Å². The van der Waals surface area contributed by atoms with Gasteiger partial charge in [-0.2, -0.15) is 0 Å². The van der Waals surface area contributed by atoms with Crippen LogP contribution in [0.4, 0.5) is 0 Å². The first kappa shape index (κ1) is 17.1. The number of carboxylic acids is 1. The van der Waals surface area contributed by atoms with Crippen LogP contribution in [0.15, 0.2) is 0 Å². The molecule has 0 aliphatic carbocycles. The van der Waals surface area contributed by atoms with Crippen molar-refractivity contribution in [1.82, 2.24) is 20.3 Å². The molecule has 0 saturated carbocycles. The second kappa shape index (κ2) is 9.03. The molecule has 0 bridgehead atoms. The summed E-state index contributed by atoms with van der Waals surface area (Å²) >= 11 is 0. The Hall–Kier alpha value is -2.00. The van der Waals surface area contributed by atoms with Gasteiger partial charge in [-0.15, -0.1) is 5.10 Å². The molecule has 0 atom stereocenters. The molecule has 1 heterocycles. The maximum Gasteiger partial charge on any atom is 0.358 e. The van der Waals surface area contributed by atoms with Crippen LogP contribution < -0.4 is 5.32 Å². The van der Waals surface area contributed by atoms with Crippen LogP contribution in [0.1, 0.15) is 22.6 Å². The summed E-state index contributed by atoms with van der Waals surface area (Å²) in [4.78, 5) is 22.8. The lowest BCUT2D eigenvalue weighted by atomic mass is 10.2. The Bertz CT molecular complexity index is 474. The number of hydrogen-bond acceptors (Lipinski definition) is 6. The summed E-state index contributed by atoms with van der Waals surface area (Å²) in [5.74, 6) is -1.43. The predicted molar refractivity (Wildman–Crippen MR) is 72.1 cm³/mol. The van der Waals surface area contributed by atoms with Crippen molar-refractivity contribution in [3.63, 3.8) is 0 Å². The minimum Gasteiger partial charge on any atom is -0.476 e. The van der Waals surface area contributed by atoms with Gasteiger partial charge in [0, 0.05) is 33.8 Å². The molecule has 2 N–H and O–H groups in total. The van der Waals surface area contributed by atoms with Crippen molar-refractivity contribution in [1.29, 1.82) is 0 Å². The van der Waals surface area contributed by atoms with Gasteiger partial charge < -0.3 is 19.9 Å². The Labute approximate surface area is 122 Å². The highest BCUT2D eigenvalue weighted by atomic mass is 16.5. The van der Waals surface area contributed by atoms with Gasteiger partial charge in [0.15, 0.2) is 5.69 Å². The number of ether oxygens (including phenoxy) is 2. The number of amides is 1. The van der Waals surface area contributed by atoms with E-state index >= 15 is 0 Å². The van der Waals surface area contributed by atoms with Crippen LogP contribution in [-0.4, -0.2) is 66.0 Å². The second-order valence-electron chi connectivity index (χ2n) is 4.29. The molecule has 21 heavy (non-hydrogen) atoms. The standard InChI is InChI=1S/C12H20N4O5/c1-20-6-3-5-13-10(17)8-16-9(4-7-21-2)11(12(18)19)14-15-16/h3-8H2,1-2H3,(H,13,17)(H,18,19). The van der Waals surface area contributed by atoms with E-state index in [0.717, 1.165) is 0 Å². The number of methoxy groups -OCH3 is 2. The Morgan fingerprint density at radius 1 is 1.29 bits per heavy atom. The molecule has 0 unspecified atom stereocenters. The zero-order valence-corrected chi connectivity index (χ0v) is 12.2. The molecule has 1 aromatic rings. The van der Waals surface area contributed by atoms with E-state index in [1.54, 1.807) is 7.11 Å². The zero-order valence-electron chi connectivity index (χ0n) is 12.2. The molecule has 0 spiro atoms. The fourth-order valence-electron chi connectivity index (χ4n) is 1.71. The predicted octanol–water partition coefficient (Wildman–Crippen LogP) is -0.682. The van der Waals surface area contributed by atoms with Crippen molar-refractivity contribution >= 4 is 11.9 Å². The Morgan fingerprint density at radius 3 is 2.62 bits per heavy atom. The van der Waals surface area contributed by atoms with E-state index in [1.807, 2.05) is 0 Å². The van der Waals surface area contributed by atoms with Crippen molar-refractivity contribution in [2.75, 3.05) is 34.0 Å². The van der Waals surface area contributed by atoms with Crippen LogP contribution in [0.3, 0.4) is 0 Å². The average Bonchev–Trinajstić information content (AvgIpc) is 2.84. The molecule has 1 amide bonds. The van der Waals surface area contributed by atoms with E-state index in [0.29, 0.717) is 38.3 Å². The normalized spacial score (nSPS) is 10.6. The summed E-state index contributed by atoms with van der Waals surface area (Å²) in [6, 6.07) is 0. The quantitative estimate of drug-likeness (QED) is 0.550. The molecule has 0 aliphatic heterocycles. The van der Waals surface area contributed by atoms with E-state index in [2.05, 4.69) is 15.6 Å². The Kier molecular flexibility index (Phi) is 7.33. The number of nitrogens with zero attached hydrogens (tertiary/aromatic N) is 3. The number of nitrogens with one attached hydrogen (secondary N) is 1. The van der Waals surface area contributed by atoms with Crippen molar-refractivity contribution in [3.8, 4) is 0 Å². The first-order chi connectivity index (χ1) is 10.1. The largest absolute Gasteiger partial charge is 0.476 e. The molecule has 1 rings (SSSR count). The smallest absolute Gasteiger partial charge is 0.358 e. The zero-order chi connectivity index (χ0) is 15.7. The van der Waals surface area contributed by atoms with Gasteiger partial charge in [-0.25, -0.2) is 9.48 Å². The third kappa shape index (κ3) is 5.48. The van der Waals surface area contributed by atoms with Crippen LogP contribution in [-0.2, 0) is 27.2 Å². The molecular formula is C12H20N4O5. The van der Waals surface area contributed by atoms with Gasteiger partial charge in [0.25, 0.3) is 0 Å². The molecule has 0 fully saturated rings. The highest BCUT2D eigenvalue weighted by Crippen LogP contribution is 2.07. The molecule has 0 aromatic carbocycles. The number of carboxylic acid groups (broad SMARTS) is 1. The molecule has 0 radical (unpaired) electrons. The number of rotatable bonds is 10. The lowest BCUT2D eigenvalue weighted by Crippen LogP contribution is -2.30. The fourth-order valence-corrected chi connectivity index (χ4v) is 1.71. The second-order valence-corrected chi connectivity index (χ2v) is 4.29. The van der Waals surface area contributed by atoms with Crippen LogP contribution in [0.25, 0.3) is 0 Å². The summed E-state index contributed by atoms with van der Waals surface area (Å²) in [6.45, 7) is 1.29. The topological polar surface area (TPSA) is 116 Å². The maximum atomic E-state index is 11.8. The first-order valence-electron chi connectivity index (χ1n) is 6.50. The van der Waals surface area contributed by atoms with Crippen molar-refractivity contribution in [3.05, 3.63) is 11.4 Å². The van der Waals surface area contributed by atoms with E-state index in [-0.39, 0.29) is 18.1 Å². The third-order valence-corrected chi connectivity index (χ3v) is 2.72. The minimum atomic E-state index is -1.17. The summed E-state index contributed by atoms with van der Waals surface area (Å²) in [5, 5.41) is 19.1. The lowest BCUT2D eigenvalue weighted by Gasteiger charge is -2.08. The van der Waals surface area contributed by atoms with Gasteiger partial charge >= 0.3 is 5.97 Å². The monoisotopic (exact) mass is 300 g/mol. The first-order valence-corrected chi connectivity index (χ1v) is 6.50. The summed E-state index contributed by atoms with van der Waals surface area (Å²) in [5.41, 5.74) is 0.218. The highest BCUT2D eigenvalue weighted by Gasteiger charge is 2.19. The van der Waals surface area contributed by atoms with Gasteiger partial charge in [0.05, 0.1) is 12.3 Å². The van der Waals surface area contributed by atoms with E-state index in [4.69, 9.17) is 14.6 Å². The number of hydrogen-bond donors (Lipinski definition) is 2. The van der Waals surface area contributed by atoms with Crippen LogP contribution in [0.2, 0.25) is 0 Å². The average molecular weight is 300 g/mol. The molecule has 9 nitrogen and oxygen atoms in total. The van der Waals surface area contributed by atoms with Gasteiger partial charge in [0.1, 0.15) is 6.54 Å². The lowest BCUT2D eigenvalue weighted by molar-refractivity contribution is -0.121. The molecule has 118 valence electrons. The van der Waals surface area contributed by atoms with Gasteiger partial charge in [-0.05, 0) is 6.42 Å². The summed E-state index contributed by atoms with van der Waals surface area (Å²) < 4.78 is 11.1. The maximum absolute atomic E-state index is 11.8. The molecule has 1 aromatic heterocycles. The number of carbonyl (C=O) groups excluding carboxylic acids is 1. The van der Waals surface area contributed by atoms with Gasteiger partial charge in [-0.3, -0.25) is 4.79 Å². The summed E-state index contributed by atoms with van der Waals surface area (Å²) in [7, 11) is 3.10. The van der Waals surface area contributed by atoms with Crippen molar-refractivity contribution in [2.24, 2.45) is 0 Å². The van der Waals surface area contributed by atoms with Gasteiger partial charge in [-0.1, -0.05) is 5.21 Å². The van der Waals surface area contributed by atoms with E-state index in [9.17, 15) is 9.59 Å². The van der Waals surface area contributed by atoms with Crippen LogP contribution in [0, 0.1) is 0 Å². The number of aromatic carboxylic acids is 1. The number of aromatic nitrogens is 3.